The van der Waals surface area contributed by atoms with Gasteiger partial charge in [0.1, 0.15) is 0 Å². The van der Waals surface area contributed by atoms with Crippen molar-refractivity contribution >= 4 is 63.7 Å². The van der Waals surface area contributed by atoms with Crippen LogP contribution in [-0.4, -0.2) is 6.47 Å². The average molecular weight is 474 g/mol. The van der Waals surface area contributed by atoms with Crippen molar-refractivity contribution in [2.75, 3.05) is 0 Å². The average Bonchev–Trinajstić information content (AvgIpc) is 2.80. The lowest BCUT2D eigenvalue weighted by atomic mass is 9.82. The monoisotopic (exact) mass is 470 g/mol. The Balaban J connectivity index is 1.66. The van der Waals surface area contributed by atoms with Crippen molar-refractivity contribution in [2.24, 2.45) is 47.3 Å². The van der Waals surface area contributed by atoms with E-state index in [-0.39, 0.29) is 6.47 Å². The first-order chi connectivity index (χ1) is 7.47. The normalized spacial score (nSPS) is 68.8. The Labute approximate surface area is 129 Å². The molecule has 0 aromatic heterocycles. The van der Waals surface area contributed by atoms with Crippen molar-refractivity contribution in [3.05, 3.63) is 12.2 Å². The molecule has 0 spiro atoms. The van der Waals surface area contributed by atoms with E-state index in [4.69, 9.17) is 0 Å². The summed E-state index contributed by atoms with van der Waals surface area (Å²) >= 11 is 15.6. The second-order valence-electron chi connectivity index (χ2n) is 6.15. The highest BCUT2D eigenvalue weighted by Gasteiger charge is 2.86. The van der Waals surface area contributed by atoms with Gasteiger partial charge in [0.05, 0.1) is 6.47 Å². The highest BCUT2D eigenvalue weighted by atomic mass is 79.9. The molecule has 6 atom stereocenters. The van der Waals surface area contributed by atoms with Crippen LogP contribution in [0.4, 0.5) is 0 Å². The second kappa shape index (κ2) is 2.60. The zero-order valence-electron chi connectivity index (χ0n) is 8.29. The summed E-state index contributed by atoms with van der Waals surface area (Å²) < 4.78 is 0.525. The molecule has 0 amide bonds. The molecule has 0 heterocycles. The van der Waals surface area contributed by atoms with Crippen LogP contribution in [0.5, 0.6) is 0 Å². The van der Waals surface area contributed by atoms with Gasteiger partial charge < -0.3 is 0 Å². The third kappa shape index (κ3) is 0.857. The van der Waals surface area contributed by atoms with Gasteiger partial charge in [-0.25, -0.2) is 0 Å². The third-order valence-electron chi connectivity index (χ3n) is 5.88. The van der Waals surface area contributed by atoms with Crippen LogP contribution in [0.25, 0.3) is 0 Å². The van der Waals surface area contributed by atoms with Gasteiger partial charge in [0.15, 0.2) is 0 Å². The van der Waals surface area contributed by atoms with Gasteiger partial charge in [-0.05, 0) is 47.3 Å². The Bertz CT molecular complexity index is 402. The number of hydrogen-bond donors (Lipinski definition) is 0. The lowest BCUT2D eigenvalue weighted by molar-refractivity contribution is 0.275. The van der Waals surface area contributed by atoms with Gasteiger partial charge in [-0.3, -0.25) is 0 Å². The summed E-state index contributed by atoms with van der Waals surface area (Å²) in [5, 5.41) is 0. The molecule has 0 aliphatic heterocycles. The SMILES string of the molecule is BrC1(Br)[C@H]2[C@H]1C1C3[C@@H]2C=C[C@@H]3[C@@H]2[C@@H]1C2(Br)Br. The van der Waals surface area contributed by atoms with E-state index in [1.807, 2.05) is 0 Å². The summed E-state index contributed by atoms with van der Waals surface area (Å²) in [4.78, 5) is 0. The standard InChI is InChI=1S/C12H10Br4/c13-11(14)7-3-1-2-4-5(3)6(9(7)11)10-8(4)12(10,15)16/h1-10H/t3-,4-,5?,6?,7+,8+,9+,10+/m0/s1. The molecule has 86 valence electrons. The fourth-order valence-electron chi connectivity index (χ4n) is 5.44. The highest BCUT2D eigenvalue weighted by Crippen LogP contribution is 2.88. The molecule has 0 N–H and O–H groups in total. The molecule has 0 radical (unpaired) electrons. The minimum absolute atomic E-state index is 0.263. The van der Waals surface area contributed by atoms with Gasteiger partial charge in [-0.1, -0.05) is 75.9 Å². The van der Waals surface area contributed by atoms with Crippen molar-refractivity contribution < 1.29 is 0 Å². The van der Waals surface area contributed by atoms with Crippen LogP contribution in [0.15, 0.2) is 12.2 Å². The van der Waals surface area contributed by atoms with Gasteiger partial charge >= 0.3 is 0 Å². The van der Waals surface area contributed by atoms with E-state index >= 15 is 0 Å². The summed E-state index contributed by atoms with van der Waals surface area (Å²) in [6, 6.07) is 0. The minimum Gasteiger partial charge on any atom is -0.0844 e. The molecule has 5 aliphatic carbocycles. The van der Waals surface area contributed by atoms with Crippen LogP contribution in [0.2, 0.25) is 0 Å². The van der Waals surface area contributed by atoms with Gasteiger partial charge in [-0.2, -0.15) is 0 Å². The molecular weight excluding hydrogens is 464 g/mol. The second-order valence-corrected chi connectivity index (χ2v) is 13.5. The number of rotatable bonds is 0. The number of alkyl halides is 4. The molecule has 0 saturated heterocycles. The molecule has 16 heavy (non-hydrogen) atoms. The van der Waals surface area contributed by atoms with Gasteiger partial charge in [0, 0.05) is 0 Å². The molecule has 0 nitrogen and oxygen atoms in total. The van der Waals surface area contributed by atoms with E-state index in [9.17, 15) is 0 Å². The predicted octanol–water partition coefficient (Wildman–Crippen LogP) is 4.51. The summed E-state index contributed by atoms with van der Waals surface area (Å²) in [7, 11) is 0. The highest BCUT2D eigenvalue weighted by molar-refractivity contribution is 9.26. The minimum atomic E-state index is 0.263. The lowest BCUT2D eigenvalue weighted by Gasteiger charge is -2.28. The zero-order valence-corrected chi connectivity index (χ0v) is 14.6. The first-order valence-corrected chi connectivity index (χ1v) is 9.08. The van der Waals surface area contributed by atoms with Crippen LogP contribution in [0, 0.1) is 47.3 Å². The van der Waals surface area contributed by atoms with Crippen LogP contribution < -0.4 is 0 Å². The van der Waals surface area contributed by atoms with Crippen molar-refractivity contribution in [1.82, 2.24) is 0 Å². The van der Waals surface area contributed by atoms with Crippen molar-refractivity contribution in [3.8, 4) is 0 Å². The van der Waals surface area contributed by atoms with Crippen molar-refractivity contribution in [2.45, 2.75) is 6.47 Å². The van der Waals surface area contributed by atoms with Gasteiger partial charge in [-0.15, -0.1) is 0 Å². The first-order valence-electron chi connectivity index (χ1n) is 5.91. The fraction of sp³-hybridized carbons (Fsp3) is 0.833. The smallest absolute Gasteiger partial charge is 0.0844 e. The van der Waals surface area contributed by atoms with E-state index in [1.54, 1.807) is 0 Å². The molecule has 5 aliphatic rings. The van der Waals surface area contributed by atoms with E-state index in [0.717, 1.165) is 47.3 Å². The molecular formula is C12H10Br4. The first kappa shape index (κ1) is 10.4. The van der Waals surface area contributed by atoms with Crippen LogP contribution in [0.3, 0.4) is 0 Å². The Morgan fingerprint density at radius 1 is 0.625 bits per heavy atom. The molecule has 4 fully saturated rings. The maximum Gasteiger partial charge on any atom is 0.0877 e. The maximum atomic E-state index is 3.90. The summed E-state index contributed by atoms with van der Waals surface area (Å²) in [5.74, 6) is 7.00. The van der Waals surface area contributed by atoms with E-state index in [1.165, 1.54) is 0 Å². The van der Waals surface area contributed by atoms with Crippen molar-refractivity contribution in [3.63, 3.8) is 0 Å². The van der Waals surface area contributed by atoms with E-state index < -0.39 is 0 Å². The molecule has 0 unspecified atom stereocenters. The van der Waals surface area contributed by atoms with Crippen molar-refractivity contribution in [1.29, 1.82) is 0 Å². The summed E-state index contributed by atoms with van der Waals surface area (Å²) in [6.07, 6.45) is 5.03. The number of hydrogen-bond acceptors (Lipinski definition) is 0. The van der Waals surface area contributed by atoms with Gasteiger partial charge in [0.2, 0.25) is 0 Å². The Kier molecular flexibility index (Phi) is 1.70. The fourth-order valence-corrected chi connectivity index (χ4v) is 9.63. The molecule has 5 rings (SSSR count). The van der Waals surface area contributed by atoms with Crippen LogP contribution in [-0.2, 0) is 0 Å². The third-order valence-corrected chi connectivity index (χ3v) is 10.1. The van der Waals surface area contributed by atoms with Crippen LogP contribution >= 0.6 is 63.7 Å². The molecule has 0 bridgehead atoms. The van der Waals surface area contributed by atoms with Gasteiger partial charge in [0.25, 0.3) is 0 Å². The molecule has 0 aromatic carbocycles. The maximum absolute atomic E-state index is 3.90. The number of fused-ring (bicyclic) bond motifs is 6. The molecule has 0 aromatic rings. The number of halogens is 4. The Morgan fingerprint density at radius 3 is 1.50 bits per heavy atom. The largest absolute Gasteiger partial charge is 0.0877 e. The summed E-state index contributed by atoms with van der Waals surface area (Å²) in [5.41, 5.74) is 0. The molecule has 4 saturated carbocycles. The summed E-state index contributed by atoms with van der Waals surface area (Å²) in [6.45, 7) is 0. The Hall–Kier alpha value is 1.66. The topological polar surface area (TPSA) is 0 Å². The Morgan fingerprint density at radius 2 is 1.06 bits per heavy atom. The van der Waals surface area contributed by atoms with E-state index in [2.05, 4.69) is 75.9 Å². The lowest BCUT2D eigenvalue weighted by Crippen LogP contribution is -2.27. The number of allylic oxidation sites excluding steroid dienone is 2. The zero-order chi connectivity index (χ0) is 11.0. The van der Waals surface area contributed by atoms with E-state index in [0.29, 0.717) is 0 Å². The molecule has 4 heteroatoms. The van der Waals surface area contributed by atoms with Crippen LogP contribution in [0.1, 0.15) is 0 Å². The quantitative estimate of drug-likeness (QED) is 0.359. The predicted molar refractivity (Wildman–Crippen MR) is 78.2 cm³/mol.